The van der Waals surface area contributed by atoms with Crippen LogP contribution in [0.2, 0.25) is 0 Å². The number of carbonyl (C=O) groups excluding carboxylic acids is 5. The highest BCUT2D eigenvalue weighted by Crippen LogP contribution is 2.42. The predicted octanol–water partition coefficient (Wildman–Crippen LogP) is 3.64. The predicted molar refractivity (Wildman–Crippen MR) is 230 cm³/mol. The van der Waals surface area contributed by atoms with Gasteiger partial charge in [0.25, 0.3) is 5.56 Å². The monoisotopic (exact) mass is 853 g/mol. The lowest BCUT2D eigenvalue weighted by atomic mass is 9.85. The summed E-state index contributed by atoms with van der Waals surface area (Å²) in [4.78, 5) is 85.6. The van der Waals surface area contributed by atoms with E-state index in [1.54, 1.807) is 41.8 Å². The van der Waals surface area contributed by atoms with Crippen LogP contribution in [0.3, 0.4) is 0 Å². The normalized spacial score (nSPS) is 15.6. The third kappa shape index (κ3) is 9.96. The number of nitrogens with zero attached hydrogens (tertiary/aromatic N) is 3. The third-order valence-electron chi connectivity index (χ3n) is 11.5. The van der Waals surface area contributed by atoms with Crippen molar-refractivity contribution in [2.45, 2.75) is 90.3 Å². The van der Waals surface area contributed by atoms with Crippen molar-refractivity contribution in [3.8, 4) is 11.4 Å². The summed E-state index contributed by atoms with van der Waals surface area (Å²) < 4.78 is 23.6. The minimum atomic E-state index is -1.96. The Hall–Kier alpha value is -6.17. The van der Waals surface area contributed by atoms with Crippen molar-refractivity contribution in [1.29, 1.82) is 0 Å². The summed E-state index contributed by atoms with van der Waals surface area (Å²) in [6.45, 7) is 6.27. The number of benzene rings is 2. The Kier molecular flexibility index (Phi) is 14.7. The summed E-state index contributed by atoms with van der Waals surface area (Å²) in [5.74, 6) is -2.23. The first kappa shape index (κ1) is 45.4. The average Bonchev–Trinajstić information content (AvgIpc) is 3.63. The van der Waals surface area contributed by atoms with Crippen molar-refractivity contribution < 1.29 is 42.9 Å². The van der Waals surface area contributed by atoms with Crippen LogP contribution in [-0.2, 0) is 69.9 Å². The molecule has 0 unspecified atom stereocenters. The second-order valence-corrected chi connectivity index (χ2v) is 15.7. The van der Waals surface area contributed by atoms with Crippen molar-refractivity contribution in [2.24, 2.45) is 5.73 Å². The molecule has 2 aliphatic heterocycles. The molecule has 17 heteroatoms. The zero-order chi connectivity index (χ0) is 44.6. The number of pyridine rings is 2. The van der Waals surface area contributed by atoms with Crippen LogP contribution < -0.4 is 27.2 Å². The number of cyclic esters (lactones) is 1. The number of hydrogen-bond donors (Lipinski definition) is 4. The van der Waals surface area contributed by atoms with Crippen LogP contribution in [0.1, 0.15) is 74.3 Å². The Morgan fingerprint density at radius 1 is 1.02 bits per heavy atom. The first-order valence-corrected chi connectivity index (χ1v) is 20.9. The molecule has 17 nitrogen and oxygen atoms in total. The molecular formula is C45H55N7O10. The van der Waals surface area contributed by atoms with E-state index in [0.29, 0.717) is 61.0 Å². The van der Waals surface area contributed by atoms with E-state index in [1.807, 2.05) is 24.3 Å². The summed E-state index contributed by atoms with van der Waals surface area (Å²) in [6, 6.07) is 15.6. The number of esters is 1. The molecule has 3 amide bonds. The SMILES string of the molecule is CC[C@@]1(OC(=O)OCc2ccc(NC(=O)[C@H](CCCCN)NC(=O)COCC(=O)NC)cc2)C(=O)OCc2c1cc1n(c2=O)Cc2c-1nc1ccccc1c2CCN(C)C(C)C. The van der Waals surface area contributed by atoms with Crippen LogP contribution in [0.15, 0.2) is 59.4 Å². The highest BCUT2D eigenvalue weighted by Gasteiger charge is 2.51. The van der Waals surface area contributed by atoms with Crippen molar-refractivity contribution in [3.63, 3.8) is 0 Å². The maximum atomic E-state index is 14.2. The van der Waals surface area contributed by atoms with E-state index in [9.17, 15) is 28.8 Å². The van der Waals surface area contributed by atoms with E-state index in [1.165, 1.54) is 7.05 Å². The average molecular weight is 854 g/mol. The van der Waals surface area contributed by atoms with Crippen molar-refractivity contribution in [2.75, 3.05) is 45.7 Å². The van der Waals surface area contributed by atoms with Gasteiger partial charge in [-0.25, -0.2) is 14.6 Å². The lowest BCUT2D eigenvalue weighted by Crippen LogP contribution is -2.47. The van der Waals surface area contributed by atoms with Gasteiger partial charge < -0.3 is 50.1 Å². The van der Waals surface area contributed by atoms with E-state index in [4.69, 9.17) is 29.7 Å². The minimum absolute atomic E-state index is 0.0350. The zero-order valence-corrected chi connectivity index (χ0v) is 35.8. The maximum Gasteiger partial charge on any atom is 0.510 e. The van der Waals surface area contributed by atoms with Crippen LogP contribution in [0, 0.1) is 0 Å². The van der Waals surface area contributed by atoms with Crippen LogP contribution in [-0.4, -0.2) is 96.8 Å². The van der Waals surface area contributed by atoms with Gasteiger partial charge in [0.1, 0.15) is 32.5 Å². The summed E-state index contributed by atoms with van der Waals surface area (Å²) in [6.07, 6.45) is 1.12. The number of nitrogens with one attached hydrogen (secondary N) is 3. The second kappa shape index (κ2) is 20.1. The number of rotatable bonds is 19. The lowest BCUT2D eigenvalue weighted by molar-refractivity contribution is -0.175. The molecular weight excluding hydrogens is 799 g/mol. The molecule has 4 heterocycles. The van der Waals surface area contributed by atoms with E-state index < -0.39 is 42.2 Å². The molecule has 330 valence electrons. The standard InChI is InChI=1S/C45H55N7O10/c1-6-45(62-44(58)61-23-28-14-16-29(17-15-28)48-41(55)36(13-9-10-19-46)49-39(54)26-59-25-38(53)47-4)34-21-37-40-32(22-52(37)42(56)33(34)24-60-43(45)57)30(18-20-51(5)27(2)3)31-11-7-8-12-35(31)50-40/h7-8,11-12,14-17,21,27,36H,6,9-10,13,18-20,22-26,46H2,1-5H3,(H,47,53)(H,48,55)(H,49,54)/t36-,45-/m0/s1. The Morgan fingerprint density at radius 3 is 2.47 bits per heavy atom. The van der Waals surface area contributed by atoms with Gasteiger partial charge in [-0.15, -0.1) is 0 Å². The molecule has 0 bridgehead atoms. The number of ether oxygens (including phenoxy) is 4. The number of para-hydroxylation sites is 1. The third-order valence-corrected chi connectivity index (χ3v) is 11.5. The molecule has 0 saturated heterocycles. The maximum absolute atomic E-state index is 14.2. The zero-order valence-electron chi connectivity index (χ0n) is 35.8. The van der Waals surface area contributed by atoms with E-state index in [2.05, 4.69) is 41.7 Å². The number of nitrogens with two attached hydrogens (primary N) is 1. The van der Waals surface area contributed by atoms with Gasteiger partial charge in [-0.3, -0.25) is 19.2 Å². The van der Waals surface area contributed by atoms with Crippen molar-refractivity contribution in [1.82, 2.24) is 25.1 Å². The van der Waals surface area contributed by atoms with E-state index in [-0.39, 0.29) is 48.8 Å². The van der Waals surface area contributed by atoms with Crippen LogP contribution >= 0.6 is 0 Å². The quantitative estimate of drug-likeness (QED) is 0.0689. The largest absolute Gasteiger partial charge is 0.510 e. The van der Waals surface area contributed by atoms with Gasteiger partial charge in [-0.2, -0.15) is 0 Å². The first-order valence-electron chi connectivity index (χ1n) is 20.9. The highest BCUT2D eigenvalue weighted by atomic mass is 16.7. The van der Waals surface area contributed by atoms with Crippen LogP contribution in [0.5, 0.6) is 0 Å². The number of unbranched alkanes of at least 4 members (excludes halogenated alkanes) is 1. The number of aromatic nitrogens is 2. The molecule has 2 aromatic heterocycles. The fraction of sp³-hybridized carbons (Fsp3) is 0.444. The lowest BCUT2D eigenvalue weighted by Gasteiger charge is -2.35. The molecule has 0 fully saturated rings. The summed E-state index contributed by atoms with van der Waals surface area (Å²) in [7, 11) is 3.53. The van der Waals surface area contributed by atoms with Gasteiger partial charge in [0.2, 0.25) is 23.3 Å². The van der Waals surface area contributed by atoms with E-state index in [0.717, 1.165) is 35.0 Å². The summed E-state index contributed by atoms with van der Waals surface area (Å²) in [5.41, 5.74) is 8.74. The smallest absolute Gasteiger partial charge is 0.457 e. The molecule has 62 heavy (non-hydrogen) atoms. The van der Waals surface area contributed by atoms with Gasteiger partial charge in [-0.05, 0) is 94.9 Å². The molecule has 2 atom stereocenters. The fourth-order valence-electron chi connectivity index (χ4n) is 7.64. The Bertz CT molecular complexity index is 2380. The van der Waals surface area contributed by atoms with Gasteiger partial charge in [0.05, 0.1) is 29.0 Å². The molecule has 2 aromatic carbocycles. The Morgan fingerprint density at radius 2 is 1.76 bits per heavy atom. The number of hydrogen-bond acceptors (Lipinski definition) is 13. The van der Waals surface area contributed by atoms with E-state index >= 15 is 0 Å². The molecule has 0 saturated carbocycles. The van der Waals surface area contributed by atoms with Gasteiger partial charge in [0, 0.05) is 41.8 Å². The first-order chi connectivity index (χ1) is 29.8. The fourth-order valence-corrected chi connectivity index (χ4v) is 7.64. The number of anilines is 1. The number of amides is 3. The highest BCUT2D eigenvalue weighted by molar-refractivity contribution is 5.97. The minimum Gasteiger partial charge on any atom is -0.457 e. The second-order valence-electron chi connectivity index (χ2n) is 15.7. The number of carbonyl (C=O) groups is 5. The van der Waals surface area contributed by atoms with Crippen molar-refractivity contribution in [3.05, 3.63) is 92.8 Å². The molecule has 0 radical (unpaired) electrons. The Labute approximate surface area is 359 Å². The molecule has 0 spiro atoms. The van der Waals surface area contributed by atoms with Gasteiger partial charge >= 0.3 is 12.1 Å². The van der Waals surface area contributed by atoms with Crippen LogP contribution in [0.4, 0.5) is 10.5 Å². The molecule has 0 aliphatic carbocycles. The van der Waals surface area contributed by atoms with Gasteiger partial charge in [0.15, 0.2) is 0 Å². The molecule has 2 aliphatic rings. The number of likely N-dealkylation sites (N-methyl/N-ethyl adjacent to an activating group) is 2. The van der Waals surface area contributed by atoms with Gasteiger partial charge in [-0.1, -0.05) is 37.3 Å². The topological polar surface area (TPSA) is 223 Å². The van der Waals surface area contributed by atoms with Crippen molar-refractivity contribution >= 4 is 46.4 Å². The summed E-state index contributed by atoms with van der Waals surface area (Å²) in [5, 5.41) is 8.84. The number of fused-ring (bicyclic) bond motifs is 5. The molecule has 5 N–H and O–H groups in total. The molecule has 4 aromatic rings. The summed E-state index contributed by atoms with van der Waals surface area (Å²) >= 11 is 0. The van der Waals surface area contributed by atoms with Crippen LogP contribution in [0.25, 0.3) is 22.3 Å². The Balaban J connectivity index is 1.16. The molecule has 6 rings (SSSR count).